The van der Waals surface area contributed by atoms with E-state index in [4.69, 9.17) is 0 Å². The Morgan fingerprint density at radius 2 is 0.635 bits per heavy atom. The van der Waals surface area contributed by atoms with E-state index in [0.717, 1.165) is 0 Å². The van der Waals surface area contributed by atoms with Gasteiger partial charge < -0.3 is 0 Å². The van der Waals surface area contributed by atoms with Gasteiger partial charge in [-0.25, -0.2) is 0 Å². The monoisotopic (exact) mass is 715 g/mol. The molecular weight excluding hydrogens is 641 g/mol. The standard InChI is InChI=1S/C51H74Si/c1-46(2,3)35-25-36(47(4,5)6)29-41(28-35)52(45-24-23-34-21-19-20-22-44(34)45,42-30-37(48(7,8)9)26-38(31-42)49(10,11)12)43-32-39(50(13,14)15)27-40(33-43)51(16,17)18/h19-22,25-34,44-45H,23-24H2,1-18H3. The van der Waals surface area contributed by atoms with E-state index < -0.39 is 8.07 Å². The average molecular weight is 715 g/mol. The van der Waals surface area contributed by atoms with Crippen LogP contribution in [0.5, 0.6) is 0 Å². The van der Waals surface area contributed by atoms with Gasteiger partial charge >= 0.3 is 0 Å². The molecule has 0 bridgehead atoms. The molecule has 1 heteroatoms. The van der Waals surface area contributed by atoms with E-state index in [1.165, 1.54) is 46.2 Å². The van der Waals surface area contributed by atoms with Crippen LogP contribution in [0.3, 0.4) is 0 Å². The van der Waals surface area contributed by atoms with Crippen LogP contribution in [0.4, 0.5) is 0 Å². The number of hydrogen-bond acceptors (Lipinski definition) is 0. The topological polar surface area (TPSA) is 0 Å². The molecule has 52 heavy (non-hydrogen) atoms. The van der Waals surface area contributed by atoms with Crippen LogP contribution in [0.15, 0.2) is 78.9 Å². The number of fused-ring (bicyclic) bond motifs is 1. The molecule has 3 aromatic rings. The molecule has 1 saturated carbocycles. The van der Waals surface area contributed by atoms with E-state index in [1.807, 2.05) is 0 Å². The Balaban J connectivity index is 2.13. The Kier molecular flexibility index (Phi) is 10.4. The molecular formula is C51H74Si. The molecule has 282 valence electrons. The highest BCUT2D eigenvalue weighted by Crippen LogP contribution is 2.50. The summed E-state index contributed by atoms with van der Waals surface area (Å²) in [5.41, 5.74) is 9.45. The minimum atomic E-state index is -2.85. The van der Waals surface area contributed by atoms with E-state index in [0.29, 0.717) is 17.4 Å². The van der Waals surface area contributed by atoms with Crippen molar-refractivity contribution >= 4 is 23.6 Å². The van der Waals surface area contributed by atoms with Crippen molar-refractivity contribution in [3.05, 3.63) is 112 Å². The van der Waals surface area contributed by atoms with Crippen molar-refractivity contribution in [2.75, 3.05) is 0 Å². The Morgan fingerprint density at radius 3 is 0.904 bits per heavy atom. The molecule has 2 aliphatic carbocycles. The fourth-order valence-electron chi connectivity index (χ4n) is 8.77. The summed E-state index contributed by atoms with van der Waals surface area (Å²) in [6.07, 6.45) is 12.3. The third kappa shape index (κ3) is 7.92. The summed E-state index contributed by atoms with van der Waals surface area (Å²) < 4.78 is 0. The number of benzene rings is 3. The van der Waals surface area contributed by atoms with Crippen LogP contribution in [0.1, 0.15) is 171 Å². The Hall–Kier alpha value is -2.64. The lowest BCUT2D eigenvalue weighted by molar-refractivity contribution is 0.547. The fraction of sp³-hybridized carbons (Fsp3) is 0.569. The molecule has 0 saturated heterocycles. The van der Waals surface area contributed by atoms with Crippen LogP contribution in [0.2, 0.25) is 5.54 Å². The minimum absolute atomic E-state index is 0.0233. The normalized spacial score (nSPS) is 20.4. The maximum atomic E-state index is 2.71. The number of rotatable bonds is 4. The van der Waals surface area contributed by atoms with Crippen molar-refractivity contribution in [3.63, 3.8) is 0 Å². The predicted octanol–water partition coefficient (Wildman–Crippen LogP) is 12.5. The zero-order valence-electron chi connectivity index (χ0n) is 36.7. The summed E-state index contributed by atoms with van der Waals surface area (Å²) in [5, 5.41) is 4.82. The summed E-state index contributed by atoms with van der Waals surface area (Å²) in [5.74, 6) is 1.11. The molecule has 5 rings (SSSR count). The van der Waals surface area contributed by atoms with E-state index in [-0.39, 0.29) is 32.5 Å². The van der Waals surface area contributed by atoms with Gasteiger partial charge in [0, 0.05) is 0 Å². The molecule has 0 N–H and O–H groups in total. The predicted molar refractivity (Wildman–Crippen MR) is 234 cm³/mol. The van der Waals surface area contributed by atoms with Crippen molar-refractivity contribution in [3.8, 4) is 0 Å². The zero-order valence-corrected chi connectivity index (χ0v) is 37.7. The first kappa shape index (κ1) is 40.5. The second-order valence-corrected chi connectivity index (χ2v) is 27.0. The smallest absolute Gasteiger partial charge is 0.0808 e. The van der Waals surface area contributed by atoms with Gasteiger partial charge in [-0.3, -0.25) is 0 Å². The highest BCUT2D eigenvalue weighted by Gasteiger charge is 2.54. The maximum absolute atomic E-state index is 2.85. The van der Waals surface area contributed by atoms with Gasteiger partial charge in [-0.1, -0.05) is 210 Å². The van der Waals surface area contributed by atoms with Crippen LogP contribution < -0.4 is 15.6 Å². The summed E-state index contributed by atoms with van der Waals surface area (Å²) in [7, 11) is -2.85. The average Bonchev–Trinajstić information content (AvgIpc) is 3.43. The third-order valence-electron chi connectivity index (χ3n) is 12.5. The Morgan fingerprint density at radius 1 is 0.365 bits per heavy atom. The van der Waals surface area contributed by atoms with Gasteiger partial charge in [0.05, 0.1) is 0 Å². The molecule has 0 heterocycles. The molecule has 3 unspecified atom stereocenters. The second-order valence-electron chi connectivity index (χ2n) is 22.9. The van der Waals surface area contributed by atoms with E-state index in [2.05, 4.69) is 204 Å². The quantitative estimate of drug-likeness (QED) is 0.186. The minimum Gasteiger partial charge on any atom is -0.0808 e. The first-order valence-corrected chi connectivity index (χ1v) is 22.5. The molecule has 0 nitrogen and oxygen atoms in total. The highest BCUT2D eigenvalue weighted by atomic mass is 28.3. The van der Waals surface area contributed by atoms with Gasteiger partial charge in [0.1, 0.15) is 0 Å². The van der Waals surface area contributed by atoms with Crippen molar-refractivity contribution in [2.24, 2.45) is 11.8 Å². The highest BCUT2D eigenvalue weighted by molar-refractivity contribution is 7.12. The largest absolute Gasteiger partial charge is 0.151 e. The van der Waals surface area contributed by atoms with E-state index >= 15 is 0 Å². The number of hydrogen-bond donors (Lipinski definition) is 0. The summed E-state index contributed by atoms with van der Waals surface area (Å²) >= 11 is 0. The van der Waals surface area contributed by atoms with Crippen LogP contribution in [0.25, 0.3) is 0 Å². The second kappa shape index (κ2) is 13.3. The Bertz CT molecular complexity index is 1560. The molecule has 1 fully saturated rings. The lowest BCUT2D eigenvalue weighted by atomic mass is 9.80. The van der Waals surface area contributed by atoms with Crippen LogP contribution in [0, 0.1) is 11.8 Å². The molecule has 3 aromatic carbocycles. The summed E-state index contributed by atoms with van der Waals surface area (Å²) in [6.45, 7) is 43.5. The van der Waals surface area contributed by atoms with Gasteiger partial charge in [-0.2, -0.15) is 0 Å². The lowest BCUT2D eigenvalue weighted by Gasteiger charge is -2.45. The molecule has 0 spiro atoms. The fourth-order valence-corrected chi connectivity index (χ4v) is 14.9. The van der Waals surface area contributed by atoms with Crippen LogP contribution >= 0.6 is 0 Å². The van der Waals surface area contributed by atoms with E-state index in [1.54, 1.807) is 15.6 Å². The zero-order chi connectivity index (χ0) is 39.0. The van der Waals surface area contributed by atoms with Crippen molar-refractivity contribution < 1.29 is 0 Å². The van der Waals surface area contributed by atoms with Gasteiger partial charge in [0.25, 0.3) is 0 Å². The molecule has 0 amide bonds. The SMILES string of the molecule is CC(C)(C)c1cc(C(C)(C)C)cc([Si](c2cc(C(C)(C)C)cc(C(C)(C)C)c2)(c2cc(C(C)(C)C)cc(C(C)(C)C)c2)C2CCC3C=CC=CC32)c1. The molecule has 0 radical (unpaired) electrons. The summed E-state index contributed by atoms with van der Waals surface area (Å²) in [6, 6.07) is 23.9. The van der Waals surface area contributed by atoms with Gasteiger partial charge in [-0.15, -0.1) is 0 Å². The maximum Gasteiger partial charge on any atom is 0.151 e. The third-order valence-corrected chi connectivity index (χ3v) is 17.9. The molecule has 3 atom stereocenters. The Labute approximate surface area is 322 Å². The van der Waals surface area contributed by atoms with Crippen LogP contribution in [-0.2, 0) is 32.5 Å². The first-order valence-electron chi connectivity index (χ1n) is 20.4. The lowest BCUT2D eigenvalue weighted by Crippen LogP contribution is -2.71. The van der Waals surface area contributed by atoms with Gasteiger partial charge in [-0.05, 0) is 105 Å². The molecule has 0 aliphatic heterocycles. The number of allylic oxidation sites excluding steroid dienone is 4. The molecule has 2 aliphatic rings. The van der Waals surface area contributed by atoms with Crippen molar-refractivity contribution in [1.82, 2.24) is 0 Å². The molecule has 0 aromatic heterocycles. The van der Waals surface area contributed by atoms with E-state index in [9.17, 15) is 0 Å². The first-order chi connectivity index (χ1) is 23.5. The van der Waals surface area contributed by atoms with Crippen LogP contribution in [-0.4, -0.2) is 8.07 Å². The van der Waals surface area contributed by atoms with Crippen molar-refractivity contribution in [2.45, 2.75) is 176 Å². The summed E-state index contributed by atoms with van der Waals surface area (Å²) in [4.78, 5) is 0. The van der Waals surface area contributed by atoms with Gasteiger partial charge in [0.2, 0.25) is 0 Å². The van der Waals surface area contributed by atoms with Crippen molar-refractivity contribution in [1.29, 1.82) is 0 Å². The van der Waals surface area contributed by atoms with Gasteiger partial charge in [0.15, 0.2) is 8.07 Å².